The standard InChI is InChI=1S/C12H15N/c1-4-7-10-8-9-11(5-2)13-12(10)6-3/h4,6-9H,3,5H2,1-2H3/b7-4-. The molecule has 0 saturated carbocycles. The summed E-state index contributed by atoms with van der Waals surface area (Å²) in [7, 11) is 0. The first-order valence-electron chi connectivity index (χ1n) is 4.56. The van der Waals surface area contributed by atoms with Crippen LogP contribution in [0.25, 0.3) is 12.2 Å². The second-order valence-corrected chi connectivity index (χ2v) is 2.83. The Kier molecular flexibility index (Phi) is 3.44. The monoisotopic (exact) mass is 173 g/mol. The van der Waals surface area contributed by atoms with Gasteiger partial charge in [-0.15, -0.1) is 0 Å². The van der Waals surface area contributed by atoms with E-state index < -0.39 is 0 Å². The topological polar surface area (TPSA) is 12.9 Å². The second kappa shape index (κ2) is 4.61. The van der Waals surface area contributed by atoms with Gasteiger partial charge in [-0.2, -0.15) is 0 Å². The van der Waals surface area contributed by atoms with Crippen molar-refractivity contribution in [2.24, 2.45) is 0 Å². The van der Waals surface area contributed by atoms with Crippen LogP contribution in [0, 0.1) is 0 Å². The SMILES string of the molecule is C=Cc1nc(CC)ccc1/C=C\C. The first-order chi connectivity index (χ1) is 6.31. The molecule has 0 unspecified atom stereocenters. The third-order valence-electron chi connectivity index (χ3n) is 1.92. The van der Waals surface area contributed by atoms with Gasteiger partial charge in [-0.1, -0.05) is 31.7 Å². The molecule has 0 atom stereocenters. The summed E-state index contributed by atoms with van der Waals surface area (Å²) in [5.41, 5.74) is 3.22. The van der Waals surface area contributed by atoms with Crippen molar-refractivity contribution in [3.8, 4) is 0 Å². The summed E-state index contributed by atoms with van der Waals surface area (Å²) in [6, 6.07) is 4.14. The van der Waals surface area contributed by atoms with E-state index >= 15 is 0 Å². The average Bonchev–Trinajstić information content (AvgIpc) is 2.19. The summed E-state index contributed by atoms with van der Waals surface area (Å²) >= 11 is 0. The van der Waals surface area contributed by atoms with Crippen LogP contribution in [-0.4, -0.2) is 4.98 Å². The average molecular weight is 173 g/mol. The smallest absolute Gasteiger partial charge is 0.0699 e. The number of rotatable bonds is 3. The fourth-order valence-corrected chi connectivity index (χ4v) is 1.21. The van der Waals surface area contributed by atoms with E-state index in [1.54, 1.807) is 6.08 Å². The third kappa shape index (κ3) is 2.28. The minimum atomic E-state index is 0.969. The molecule has 1 heteroatoms. The third-order valence-corrected chi connectivity index (χ3v) is 1.92. The van der Waals surface area contributed by atoms with Crippen LogP contribution in [0.4, 0.5) is 0 Å². The van der Waals surface area contributed by atoms with E-state index in [-0.39, 0.29) is 0 Å². The van der Waals surface area contributed by atoms with E-state index in [1.807, 2.05) is 19.1 Å². The molecule has 0 spiro atoms. The number of aromatic nitrogens is 1. The first kappa shape index (κ1) is 9.72. The molecular formula is C12H15N. The molecular weight excluding hydrogens is 158 g/mol. The van der Waals surface area contributed by atoms with Gasteiger partial charge in [-0.25, -0.2) is 0 Å². The van der Waals surface area contributed by atoms with E-state index in [4.69, 9.17) is 0 Å². The maximum absolute atomic E-state index is 4.46. The summed E-state index contributed by atoms with van der Waals surface area (Å²) in [6.07, 6.45) is 6.82. The van der Waals surface area contributed by atoms with Gasteiger partial charge in [0.1, 0.15) is 0 Å². The highest BCUT2D eigenvalue weighted by Gasteiger charge is 1.97. The molecule has 1 aromatic heterocycles. The van der Waals surface area contributed by atoms with Crippen LogP contribution in [0.15, 0.2) is 24.8 Å². The van der Waals surface area contributed by atoms with Gasteiger partial charge in [-0.05, 0) is 31.1 Å². The Labute approximate surface area is 79.8 Å². The number of hydrogen-bond donors (Lipinski definition) is 0. The predicted octanol–water partition coefficient (Wildman–Crippen LogP) is 3.32. The van der Waals surface area contributed by atoms with E-state index in [0.29, 0.717) is 0 Å². The highest BCUT2D eigenvalue weighted by molar-refractivity contribution is 5.61. The van der Waals surface area contributed by atoms with Crippen LogP contribution >= 0.6 is 0 Å². The fraction of sp³-hybridized carbons (Fsp3) is 0.250. The van der Waals surface area contributed by atoms with Crippen LogP contribution < -0.4 is 0 Å². The van der Waals surface area contributed by atoms with Crippen molar-refractivity contribution in [3.05, 3.63) is 41.7 Å². The normalized spacial score (nSPS) is 10.6. The number of nitrogens with zero attached hydrogens (tertiary/aromatic N) is 1. The molecule has 1 aromatic rings. The highest BCUT2D eigenvalue weighted by Crippen LogP contribution is 2.11. The molecule has 0 aliphatic rings. The molecule has 13 heavy (non-hydrogen) atoms. The predicted molar refractivity (Wildman–Crippen MR) is 58.4 cm³/mol. The first-order valence-corrected chi connectivity index (χ1v) is 4.56. The Morgan fingerprint density at radius 2 is 2.23 bits per heavy atom. The number of pyridine rings is 1. The van der Waals surface area contributed by atoms with Gasteiger partial charge in [0.25, 0.3) is 0 Å². The van der Waals surface area contributed by atoms with Crippen LogP contribution in [0.1, 0.15) is 30.8 Å². The molecule has 0 N–H and O–H groups in total. The Balaban J connectivity index is 3.15. The van der Waals surface area contributed by atoms with E-state index in [0.717, 1.165) is 23.4 Å². The summed E-state index contributed by atoms with van der Waals surface area (Å²) in [4.78, 5) is 4.46. The lowest BCUT2D eigenvalue weighted by Gasteiger charge is -2.02. The maximum Gasteiger partial charge on any atom is 0.0699 e. The maximum atomic E-state index is 4.46. The van der Waals surface area contributed by atoms with Crippen LogP contribution in [0.5, 0.6) is 0 Å². The van der Waals surface area contributed by atoms with Crippen LogP contribution in [0.3, 0.4) is 0 Å². The molecule has 0 radical (unpaired) electrons. The van der Waals surface area contributed by atoms with Crippen molar-refractivity contribution >= 4 is 12.2 Å². The Morgan fingerprint density at radius 1 is 1.46 bits per heavy atom. The Bertz CT molecular complexity index is 324. The molecule has 1 nitrogen and oxygen atoms in total. The molecule has 0 fully saturated rings. The van der Waals surface area contributed by atoms with Crippen molar-refractivity contribution in [2.45, 2.75) is 20.3 Å². The summed E-state index contributed by atoms with van der Waals surface area (Å²) in [6.45, 7) is 7.86. The molecule has 0 aromatic carbocycles. The Hall–Kier alpha value is -1.37. The van der Waals surface area contributed by atoms with Gasteiger partial charge in [-0.3, -0.25) is 4.98 Å². The zero-order valence-corrected chi connectivity index (χ0v) is 8.25. The van der Waals surface area contributed by atoms with Crippen LogP contribution in [-0.2, 0) is 6.42 Å². The lowest BCUT2D eigenvalue weighted by Crippen LogP contribution is -1.92. The molecule has 68 valence electrons. The highest BCUT2D eigenvalue weighted by atomic mass is 14.7. The second-order valence-electron chi connectivity index (χ2n) is 2.83. The molecule has 0 aliphatic carbocycles. The summed E-state index contributed by atoms with van der Waals surface area (Å²) in [5.74, 6) is 0. The zero-order chi connectivity index (χ0) is 9.68. The molecule has 0 bridgehead atoms. The van der Waals surface area contributed by atoms with Gasteiger partial charge in [0.15, 0.2) is 0 Å². The van der Waals surface area contributed by atoms with Crippen molar-refractivity contribution < 1.29 is 0 Å². The molecule has 0 amide bonds. The lowest BCUT2D eigenvalue weighted by atomic mass is 10.1. The van der Waals surface area contributed by atoms with Gasteiger partial charge >= 0.3 is 0 Å². The molecule has 0 aliphatic heterocycles. The quantitative estimate of drug-likeness (QED) is 0.683. The van der Waals surface area contributed by atoms with Crippen molar-refractivity contribution in [1.82, 2.24) is 4.98 Å². The van der Waals surface area contributed by atoms with E-state index in [2.05, 4.69) is 30.6 Å². The number of aryl methyl sites for hydroxylation is 1. The summed E-state index contributed by atoms with van der Waals surface area (Å²) in [5, 5.41) is 0. The van der Waals surface area contributed by atoms with Gasteiger partial charge in [0.05, 0.1) is 5.69 Å². The number of hydrogen-bond acceptors (Lipinski definition) is 1. The molecule has 0 saturated heterocycles. The molecule has 1 heterocycles. The van der Waals surface area contributed by atoms with Crippen molar-refractivity contribution in [3.63, 3.8) is 0 Å². The van der Waals surface area contributed by atoms with Crippen molar-refractivity contribution in [1.29, 1.82) is 0 Å². The minimum Gasteiger partial charge on any atom is -0.253 e. The molecule has 1 rings (SSSR count). The largest absolute Gasteiger partial charge is 0.253 e. The fourth-order valence-electron chi connectivity index (χ4n) is 1.21. The van der Waals surface area contributed by atoms with Crippen LogP contribution in [0.2, 0.25) is 0 Å². The Morgan fingerprint density at radius 3 is 2.77 bits per heavy atom. The van der Waals surface area contributed by atoms with E-state index in [1.165, 1.54) is 0 Å². The van der Waals surface area contributed by atoms with Gasteiger partial charge in [0.2, 0.25) is 0 Å². The number of allylic oxidation sites excluding steroid dienone is 1. The van der Waals surface area contributed by atoms with Gasteiger partial charge < -0.3 is 0 Å². The van der Waals surface area contributed by atoms with Gasteiger partial charge in [0, 0.05) is 5.69 Å². The lowest BCUT2D eigenvalue weighted by molar-refractivity contribution is 1.03. The zero-order valence-electron chi connectivity index (χ0n) is 8.25. The van der Waals surface area contributed by atoms with Crippen molar-refractivity contribution in [2.75, 3.05) is 0 Å². The minimum absolute atomic E-state index is 0.969. The summed E-state index contributed by atoms with van der Waals surface area (Å²) < 4.78 is 0. The van der Waals surface area contributed by atoms with E-state index in [9.17, 15) is 0 Å².